The van der Waals surface area contributed by atoms with E-state index in [2.05, 4.69) is 34.4 Å². The molecule has 2 saturated heterocycles. The molecule has 0 amide bonds. The lowest BCUT2D eigenvalue weighted by molar-refractivity contribution is 0.159. The fraction of sp³-hybridized carbons (Fsp3) is 0.938. The first kappa shape index (κ1) is 18.5. The molecule has 2 fully saturated rings. The molecule has 2 atom stereocenters. The number of nitrogens with zero attached hydrogens (tertiary/aromatic N) is 2. The first-order valence-corrected chi connectivity index (χ1v) is 10.6. The van der Waals surface area contributed by atoms with Gasteiger partial charge in [0, 0.05) is 32.7 Å². The summed E-state index contributed by atoms with van der Waals surface area (Å²) in [6.45, 7) is 8.95. The minimum atomic E-state index is -2.86. The van der Waals surface area contributed by atoms with Crippen molar-refractivity contribution in [1.82, 2.24) is 15.5 Å². The molecule has 23 heavy (non-hydrogen) atoms. The van der Waals surface area contributed by atoms with Gasteiger partial charge in [-0.05, 0) is 37.6 Å². The zero-order valence-corrected chi connectivity index (χ0v) is 15.5. The highest BCUT2D eigenvalue weighted by atomic mass is 32.2. The van der Waals surface area contributed by atoms with Gasteiger partial charge in [-0.15, -0.1) is 0 Å². The Labute approximate surface area is 141 Å². The monoisotopic (exact) mass is 344 g/mol. The summed E-state index contributed by atoms with van der Waals surface area (Å²) in [5.74, 6) is 2.58. The predicted octanol–water partition coefficient (Wildman–Crippen LogP) is 0.707. The Kier molecular flexibility index (Phi) is 6.71. The topological polar surface area (TPSA) is 73.8 Å². The Morgan fingerprint density at radius 3 is 2.74 bits per heavy atom. The predicted molar refractivity (Wildman–Crippen MR) is 95.6 cm³/mol. The van der Waals surface area contributed by atoms with Crippen LogP contribution in [0, 0.1) is 11.8 Å². The van der Waals surface area contributed by atoms with Crippen LogP contribution in [0.25, 0.3) is 0 Å². The van der Waals surface area contributed by atoms with Crippen LogP contribution in [0.5, 0.6) is 0 Å². The molecule has 0 aliphatic carbocycles. The molecule has 0 aromatic carbocycles. The highest BCUT2D eigenvalue weighted by molar-refractivity contribution is 7.91. The Balaban J connectivity index is 1.75. The van der Waals surface area contributed by atoms with Gasteiger partial charge in [0.1, 0.15) is 0 Å². The van der Waals surface area contributed by atoms with Gasteiger partial charge in [-0.3, -0.25) is 4.99 Å². The second kappa shape index (κ2) is 8.33. The van der Waals surface area contributed by atoms with Crippen molar-refractivity contribution in [3.63, 3.8) is 0 Å². The number of hydrogen-bond donors (Lipinski definition) is 2. The highest BCUT2D eigenvalue weighted by Crippen LogP contribution is 2.17. The standard InChI is InChI=1S/C16H32N4O2S/c1-13(2)10-20-7-4-5-14(11-20)9-18-16(17-3)19-15-6-8-23(21,22)12-15/h13-15H,4-12H2,1-3H3,(H2,17,18,19). The Morgan fingerprint density at radius 1 is 1.35 bits per heavy atom. The van der Waals surface area contributed by atoms with Gasteiger partial charge in [0.05, 0.1) is 11.5 Å². The van der Waals surface area contributed by atoms with Gasteiger partial charge >= 0.3 is 0 Å². The van der Waals surface area contributed by atoms with Crippen LogP contribution in [-0.4, -0.2) is 70.1 Å². The van der Waals surface area contributed by atoms with Crippen molar-refractivity contribution in [3.8, 4) is 0 Å². The van der Waals surface area contributed by atoms with Crippen LogP contribution >= 0.6 is 0 Å². The summed E-state index contributed by atoms with van der Waals surface area (Å²) in [5.41, 5.74) is 0. The molecular formula is C16H32N4O2S. The second-order valence-corrected chi connectivity index (χ2v) is 9.59. The van der Waals surface area contributed by atoms with Gasteiger partial charge in [0.2, 0.25) is 0 Å². The molecular weight excluding hydrogens is 312 g/mol. The molecule has 2 N–H and O–H groups in total. The molecule has 2 aliphatic rings. The van der Waals surface area contributed by atoms with E-state index in [0.29, 0.717) is 18.3 Å². The number of hydrogen-bond acceptors (Lipinski definition) is 4. The number of sulfone groups is 1. The molecule has 0 radical (unpaired) electrons. The van der Waals surface area contributed by atoms with Gasteiger partial charge in [0.15, 0.2) is 15.8 Å². The third-order valence-corrected chi connectivity index (χ3v) is 6.35. The Bertz CT molecular complexity index is 504. The first-order chi connectivity index (χ1) is 10.9. The fourth-order valence-corrected chi connectivity index (χ4v) is 5.21. The van der Waals surface area contributed by atoms with Crippen LogP contribution in [0.2, 0.25) is 0 Å². The van der Waals surface area contributed by atoms with E-state index in [4.69, 9.17) is 0 Å². The summed E-state index contributed by atoms with van der Waals surface area (Å²) in [6.07, 6.45) is 3.18. The van der Waals surface area contributed by atoms with Crippen molar-refractivity contribution in [3.05, 3.63) is 0 Å². The number of aliphatic imine (C=N–C) groups is 1. The minimum absolute atomic E-state index is 0.00463. The van der Waals surface area contributed by atoms with E-state index in [9.17, 15) is 8.42 Å². The summed E-state index contributed by atoms with van der Waals surface area (Å²) >= 11 is 0. The summed E-state index contributed by atoms with van der Waals surface area (Å²) in [4.78, 5) is 6.79. The average Bonchev–Trinajstić information content (AvgIpc) is 2.82. The SMILES string of the molecule is CN=C(NCC1CCCN(CC(C)C)C1)NC1CCS(=O)(=O)C1. The third kappa shape index (κ3) is 6.30. The highest BCUT2D eigenvalue weighted by Gasteiger charge is 2.28. The molecule has 6 nitrogen and oxygen atoms in total. The summed E-state index contributed by atoms with van der Waals surface area (Å²) in [6, 6.07) is -0.00463. The Hall–Kier alpha value is -0.820. The second-order valence-electron chi connectivity index (χ2n) is 7.36. The summed E-state index contributed by atoms with van der Waals surface area (Å²) in [7, 11) is -1.11. The van der Waals surface area contributed by atoms with E-state index in [-0.39, 0.29) is 17.5 Å². The molecule has 134 valence electrons. The lowest BCUT2D eigenvalue weighted by Gasteiger charge is -2.34. The van der Waals surface area contributed by atoms with Crippen LogP contribution in [0.3, 0.4) is 0 Å². The average molecular weight is 345 g/mol. The van der Waals surface area contributed by atoms with Crippen molar-refractivity contribution in [2.24, 2.45) is 16.8 Å². The lowest BCUT2D eigenvalue weighted by atomic mass is 9.97. The molecule has 0 bridgehead atoms. The number of likely N-dealkylation sites (tertiary alicyclic amines) is 1. The van der Waals surface area contributed by atoms with Crippen molar-refractivity contribution in [2.45, 2.75) is 39.2 Å². The van der Waals surface area contributed by atoms with Gasteiger partial charge in [0.25, 0.3) is 0 Å². The summed E-state index contributed by atoms with van der Waals surface area (Å²) in [5, 5.41) is 6.64. The lowest BCUT2D eigenvalue weighted by Crippen LogP contribution is -2.47. The minimum Gasteiger partial charge on any atom is -0.356 e. The molecule has 2 unspecified atom stereocenters. The number of guanidine groups is 1. The van der Waals surface area contributed by atoms with Crippen LogP contribution < -0.4 is 10.6 Å². The molecule has 2 aliphatic heterocycles. The zero-order valence-electron chi connectivity index (χ0n) is 14.7. The largest absolute Gasteiger partial charge is 0.356 e. The van der Waals surface area contributed by atoms with Gasteiger partial charge in [-0.1, -0.05) is 13.8 Å². The Morgan fingerprint density at radius 2 is 2.13 bits per heavy atom. The van der Waals surface area contributed by atoms with E-state index in [1.165, 1.54) is 25.9 Å². The van der Waals surface area contributed by atoms with E-state index in [1.807, 2.05) is 0 Å². The van der Waals surface area contributed by atoms with Crippen LogP contribution in [0.4, 0.5) is 0 Å². The van der Waals surface area contributed by atoms with Crippen molar-refractivity contribution in [1.29, 1.82) is 0 Å². The van der Waals surface area contributed by atoms with Crippen molar-refractivity contribution >= 4 is 15.8 Å². The smallest absolute Gasteiger partial charge is 0.191 e. The number of rotatable bonds is 5. The van der Waals surface area contributed by atoms with Gasteiger partial charge in [-0.2, -0.15) is 0 Å². The van der Waals surface area contributed by atoms with E-state index >= 15 is 0 Å². The molecule has 2 rings (SSSR count). The molecule has 2 heterocycles. The van der Waals surface area contributed by atoms with Crippen LogP contribution in [0.15, 0.2) is 4.99 Å². The molecule has 0 aromatic rings. The van der Waals surface area contributed by atoms with E-state index in [1.54, 1.807) is 7.05 Å². The van der Waals surface area contributed by atoms with Crippen LogP contribution in [-0.2, 0) is 9.84 Å². The van der Waals surface area contributed by atoms with Crippen molar-refractivity contribution in [2.75, 3.05) is 44.7 Å². The maximum Gasteiger partial charge on any atom is 0.191 e. The van der Waals surface area contributed by atoms with E-state index in [0.717, 1.165) is 19.0 Å². The quantitative estimate of drug-likeness (QED) is 0.567. The van der Waals surface area contributed by atoms with E-state index < -0.39 is 9.84 Å². The maximum absolute atomic E-state index is 11.5. The van der Waals surface area contributed by atoms with Gasteiger partial charge in [-0.25, -0.2) is 8.42 Å². The third-order valence-electron chi connectivity index (χ3n) is 4.58. The summed E-state index contributed by atoms with van der Waals surface area (Å²) < 4.78 is 23.1. The normalized spacial score (nSPS) is 29.0. The maximum atomic E-state index is 11.5. The molecule has 0 aromatic heterocycles. The number of nitrogens with one attached hydrogen (secondary N) is 2. The van der Waals surface area contributed by atoms with Crippen LogP contribution in [0.1, 0.15) is 33.1 Å². The van der Waals surface area contributed by atoms with Crippen molar-refractivity contribution < 1.29 is 8.42 Å². The molecule has 7 heteroatoms. The number of piperidine rings is 1. The first-order valence-electron chi connectivity index (χ1n) is 8.78. The fourth-order valence-electron chi connectivity index (χ4n) is 3.54. The molecule has 0 spiro atoms. The van der Waals surface area contributed by atoms with Gasteiger partial charge < -0.3 is 15.5 Å². The zero-order chi connectivity index (χ0) is 16.9. The molecule has 0 saturated carbocycles.